The summed E-state index contributed by atoms with van der Waals surface area (Å²) in [5, 5.41) is 4.47. The van der Waals surface area contributed by atoms with Crippen LogP contribution >= 0.6 is 11.3 Å². The maximum Gasteiger partial charge on any atom is 0.236 e. The Bertz CT molecular complexity index is 766. The Labute approximate surface area is 151 Å². The van der Waals surface area contributed by atoms with E-state index in [4.69, 9.17) is 9.15 Å². The van der Waals surface area contributed by atoms with E-state index in [1.807, 2.05) is 31.4 Å². The Morgan fingerprint density at radius 3 is 2.92 bits per heavy atom. The third-order valence-corrected chi connectivity index (χ3v) is 5.39. The van der Waals surface area contributed by atoms with E-state index in [2.05, 4.69) is 10.3 Å². The largest absolute Gasteiger partial charge is 0.444 e. The molecule has 0 unspecified atom stereocenters. The topological polar surface area (TPSA) is 98.5 Å². The van der Waals surface area contributed by atoms with E-state index >= 15 is 0 Å². The number of rotatable bonds is 10. The van der Waals surface area contributed by atoms with Crippen molar-refractivity contribution in [2.75, 3.05) is 18.9 Å². The van der Waals surface area contributed by atoms with Gasteiger partial charge in [-0.15, -0.1) is 11.3 Å². The van der Waals surface area contributed by atoms with E-state index in [-0.39, 0.29) is 11.9 Å². The summed E-state index contributed by atoms with van der Waals surface area (Å²) >= 11 is 1.45. The predicted octanol–water partition coefficient (Wildman–Crippen LogP) is 2.25. The third-order valence-electron chi connectivity index (χ3n) is 3.10. The predicted molar refractivity (Wildman–Crippen MR) is 96.0 cm³/mol. The van der Waals surface area contributed by atoms with Crippen LogP contribution in [0.25, 0.3) is 10.8 Å². The highest BCUT2D eigenvalue weighted by atomic mass is 32.2. The second-order valence-corrected chi connectivity index (χ2v) is 8.79. The number of nitrogens with one attached hydrogen (secondary N) is 1. The Balaban J connectivity index is 1.78. The van der Waals surface area contributed by atoms with E-state index in [9.17, 15) is 13.2 Å². The Morgan fingerprint density at radius 2 is 2.24 bits per heavy atom. The van der Waals surface area contributed by atoms with Gasteiger partial charge in [-0.2, -0.15) is 0 Å². The van der Waals surface area contributed by atoms with Gasteiger partial charge in [0.2, 0.25) is 11.8 Å². The van der Waals surface area contributed by atoms with Gasteiger partial charge in [0.15, 0.2) is 9.84 Å². The normalized spacial score (nSPS) is 11.8. The van der Waals surface area contributed by atoms with Gasteiger partial charge in [-0.05, 0) is 31.7 Å². The summed E-state index contributed by atoms with van der Waals surface area (Å²) in [6.45, 7) is 4.76. The first-order chi connectivity index (χ1) is 11.9. The maximum absolute atomic E-state index is 12.1. The average Bonchev–Trinajstić information content (AvgIpc) is 3.16. The molecule has 2 aromatic heterocycles. The smallest absolute Gasteiger partial charge is 0.236 e. The molecule has 0 saturated carbocycles. The lowest BCUT2D eigenvalue weighted by Gasteiger charge is -2.08. The van der Waals surface area contributed by atoms with Crippen LogP contribution in [0.1, 0.15) is 26.0 Å². The van der Waals surface area contributed by atoms with Crippen molar-refractivity contribution in [1.82, 2.24) is 10.3 Å². The summed E-state index contributed by atoms with van der Waals surface area (Å²) in [6.07, 6.45) is 2.09. The summed E-state index contributed by atoms with van der Waals surface area (Å²) < 4.78 is 34.9. The van der Waals surface area contributed by atoms with Gasteiger partial charge < -0.3 is 14.5 Å². The lowest BCUT2D eigenvalue weighted by atomic mass is 10.4. The highest BCUT2D eigenvalue weighted by Crippen LogP contribution is 2.24. The van der Waals surface area contributed by atoms with Gasteiger partial charge in [0.1, 0.15) is 12.0 Å². The lowest BCUT2D eigenvalue weighted by molar-refractivity contribution is -0.118. The zero-order valence-corrected chi connectivity index (χ0v) is 15.9. The number of hydrogen-bond donors (Lipinski definition) is 1. The zero-order valence-electron chi connectivity index (χ0n) is 14.2. The molecule has 0 aromatic carbocycles. The number of aromatic nitrogens is 1. The molecule has 1 amide bonds. The minimum Gasteiger partial charge on any atom is -0.444 e. The molecular weight excluding hydrogens is 364 g/mol. The molecule has 0 spiro atoms. The second-order valence-electron chi connectivity index (χ2n) is 5.78. The van der Waals surface area contributed by atoms with Crippen LogP contribution < -0.4 is 5.32 Å². The molecule has 0 radical (unpaired) electrons. The van der Waals surface area contributed by atoms with Gasteiger partial charge in [-0.1, -0.05) is 6.07 Å². The van der Waals surface area contributed by atoms with Crippen LogP contribution in [0.3, 0.4) is 0 Å². The van der Waals surface area contributed by atoms with Crippen LogP contribution in [-0.4, -0.2) is 44.3 Å². The second kappa shape index (κ2) is 9.12. The fraction of sp³-hybridized carbons (Fsp3) is 0.500. The molecule has 2 aromatic rings. The molecule has 0 aliphatic rings. The van der Waals surface area contributed by atoms with E-state index < -0.39 is 21.5 Å². The first-order valence-electron chi connectivity index (χ1n) is 7.93. The number of hydrogen-bond acceptors (Lipinski definition) is 7. The molecular formula is C16H22N2O5S2. The quantitative estimate of drug-likeness (QED) is 0.629. The van der Waals surface area contributed by atoms with Crippen molar-refractivity contribution in [3.8, 4) is 10.8 Å². The van der Waals surface area contributed by atoms with Crippen molar-refractivity contribution >= 4 is 27.1 Å². The number of nitrogens with zero attached hydrogens (tertiary/aromatic N) is 1. The molecule has 0 aliphatic heterocycles. The molecule has 25 heavy (non-hydrogen) atoms. The van der Waals surface area contributed by atoms with Gasteiger partial charge in [0, 0.05) is 13.2 Å². The summed E-state index contributed by atoms with van der Waals surface area (Å²) in [4.78, 5) is 16.8. The first-order valence-corrected chi connectivity index (χ1v) is 10.6. The molecule has 0 atom stereocenters. The van der Waals surface area contributed by atoms with E-state index in [0.29, 0.717) is 31.2 Å². The van der Waals surface area contributed by atoms with Crippen molar-refractivity contribution in [2.45, 2.75) is 32.1 Å². The standard InChI is InChI=1S/C16H22N2O5S2/c1-12(2)22-7-4-6-17-15(19)11-25(20,21)10-13-9-23-16(18-13)14-5-3-8-24-14/h3,5,8-9,12H,4,6-7,10-11H2,1-2H3,(H,17,19). The number of oxazole rings is 1. The Hall–Kier alpha value is -1.71. The van der Waals surface area contributed by atoms with Gasteiger partial charge in [-0.3, -0.25) is 4.79 Å². The summed E-state index contributed by atoms with van der Waals surface area (Å²) in [6, 6.07) is 3.70. The molecule has 7 nitrogen and oxygen atoms in total. The SMILES string of the molecule is CC(C)OCCCNC(=O)CS(=O)(=O)Cc1coc(-c2cccs2)n1. The number of ether oxygens (including phenoxy) is 1. The van der Waals surface area contributed by atoms with Crippen LogP contribution in [-0.2, 0) is 25.1 Å². The lowest BCUT2D eigenvalue weighted by Crippen LogP contribution is -2.32. The number of amides is 1. The van der Waals surface area contributed by atoms with Crippen LogP contribution in [0.15, 0.2) is 28.2 Å². The van der Waals surface area contributed by atoms with E-state index in [1.54, 1.807) is 0 Å². The number of sulfone groups is 1. The van der Waals surface area contributed by atoms with Gasteiger partial charge in [0.25, 0.3) is 0 Å². The zero-order chi connectivity index (χ0) is 18.3. The van der Waals surface area contributed by atoms with Crippen molar-refractivity contribution in [1.29, 1.82) is 0 Å². The van der Waals surface area contributed by atoms with Crippen molar-refractivity contribution in [2.24, 2.45) is 0 Å². The Kier molecular flexibility index (Phi) is 7.15. The molecule has 1 N–H and O–H groups in total. The van der Waals surface area contributed by atoms with Gasteiger partial charge >= 0.3 is 0 Å². The molecule has 2 rings (SSSR count). The highest BCUT2D eigenvalue weighted by Gasteiger charge is 2.20. The van der Waals surface area contributed by atoms with E-state index in [0.717, 1.165) is 4.88 Å². The summed E-state index contributed by atoms with van der Waals surface area (Å²) in [5.74, 6) is -1.04. The van der Waals surface area contributed by atoms with Crippen molar-refractivity contribution < 1.29 is 22.4 Å². The first kappa shape index (κ1) is 19.6. The van der Waals surface area contributed by atoms with Crippen LogP contribution in [0, 0.1) is 0 Å². The number of carbonyl (C=O) groups excluding carboxylic acids is 1. The summed E-state index contributed by atoms with van der Waals surface area (Å²) in [7, 11) is -3.61. The van der Waals surface area contributed by atoms with Gasteiger partial charge in [-0.25, -0.2) is 13.4 Å². The minimum atomic E-state index is -3.61. The number of thiophene rings is 1. The molecule has 2 heterocycles. The molecule has 0 fully saturated rings. The van der Waals surface area contributed by atoms with Gasteiger partial charge in [0.05, 0.1) is 22.4 Å². The highest BCUT2D eigenvalue weighted by molar-refractivity contribution is 7.91. The Morgan fingerprint density at radius 1 is 1.44 bits per heavy atom. The van der Waals surface area contributed by atoms with Crippen LogP contribution in [0.4, 0.5) is 0 Å². The fourth-order valence-electron chi connectivity index (χ4n) is 2.03. The summed E-state index contributed by atoms with van der Waals surface area (Å²) in [5.41, 5.74) is 0.293. The van der Waals surface area contributed by atoms with E-state index in [1.165, 1.54) is 17.6 Å². The van der Waals surface area contributed by atoms with Crippen LogP contribution in [0.2, 0.25) is 0 Å². The van der Waals surface area contributed by atoms with Crippen LogP contribution in [0.5, 0.6) is 0 Å². The molecule has 0 bridgehead atoms. The monoisotopic (exact) mass is 386 g/mol. The molecule has 138 valence electrons. The minimum absolute atomic E-state index is 0.137. The average molecular weight is 386 g/mol. The third kappa shape index (κ3) is 6.97. The van der Waals surface area contributed by atoms with Crippen molar-refractivity contribution in [3.05, 3.63) is 29.5 Å². The molecule has 0 aliphatic carbocycles. The maximum atomic E-state index is 12.1. The fourth-order valence-corrected chi connectivity index (χ4v) is 3.88. The van der Waals surface area contributed by atoms with Crippen molar-refractivity contribution in [3.63, 3.8) is 0 Å². The molecule has 0 saturated heterocycles. The molecule has 9 heteroatoms. The number of carbonyl (C=O) groups is 1.